The topological polar surface area (TPSA) is 125 Å². The van der Waals surface area contributed by atoms with Crippen molar-refractivity contribution in [2.45, 2.75) is 50.2 Å². The number of ether oxygens (including phenoxy) is 2. The Morgan fingerprint density at radius 1 is 0.950 bits per heavy atom. The van der Waals surface area contributed by atoms with Crippen molar-refractivity contribution in [1.29, 1.82) is 0 Å². The number of likely N-dealkylation sites (tertiary alicyclic amines) is 1. The van der Waals surface area contributed by atoms with Crippen LogP contribution in [-0.4, -0.2) is 70.5 Å². The second-order valence-electron chi connectivity index (χ2n) is 10.2. The second-order valence-corrected chi connectivity index (χ2v) is 10.2. The van der Waals surface area contributed by atoms with Gasteiger partial charge in [0.1, 0.15) is 18.7 Å². The lowest BCUT2D eigenvalue weighted by atomic mass is 9.98. The summed E-state index contributed by atoms with van der Waals surface area (Å²) in [5.41, 5.74) is 5.17. The van der Waals surface area contributed by atoms with Gasteiger partial charge in [0.2, 0.25) is 5.91 Å². The van der Waals surface area contributed by atoms with Crippen molar-refractivity contribution in [2.24, 2.45) is 0 Å². The molecule has 40 heavy (non-hydrogen) atoms. The van der Waals surface area contributed by atoms with Crippen LogP contribution in [0.25, 0.3) is 11.1 Å². The maximum absolute atomic E-state index is 13.6. The Hall–Kier alpha value is -4.21. The average Bonchev–Trinajstić information content (AvgIpc) is 3.52. The van der Waals surface area contributed by atoms with Crippen LogP contribution in [-0.2, 0) is 25.7 Å². The Labute approximate surface area is 232 Å². The number of amides is 2. The van der Waals surface area contributed by atoms with Crippen LogP contribution >= 0.6 is 0 Å². The van der Waals surface area contributed by atoms with Gasteiger partial charge in [-0.15, -0.1) is 0 Å². The van der Waals surface area contributed by atoms with Crippen LogP contribution in [0.3, 0.4) is 0 Å². The first kappa shape index (κ1) is 27.4. The smallest absolute Gasteiger partial charge is 0.407 e. The molecule has 3 aromatic rings. The Morgan fingerprint density at radius 2 is 1.55 bits per heavy atom. The quantitative estimate of drug-likeness (QED) is 0.376. The normalized spacial score (nSPS) is 19.4. The number of hydrogen-bond acceptors (Lipinski definition) is 6. The van der Waals surface area contributed by atoms with E-state index in [1.54, 1.807) is 6.92 Å². The van der Waals surface area contributed by atoms with E-state index in [2.05, 4.69) is 5.32 Å². The van der Waals surface area contributed by atoms with Crippen LogP contribution in [0.5, 0.6) is 0 Å². The third-order valence-corrected chi connectivity index (χ3v) is 7.56. The van der Waals surface area contributed by atoms with E-state index in [1.807, 2.05) is 78.9 Å². The Kier molecular flexibility index (Phi) is 8.14. The lowest BCUT2D eigenvalue weighted by Crippen LogP contribution is -2.56. The molecule has 0 radical (unpaired) electrons. The standard InChI is InChI=1S/C31H32N2O7/c1-19(39-17-20-9-3-2-4-10-20)28(29(35)33-16-21(34)15-27(33)30(36)37)32-31(38)40-18-26-24-13-7-5-11-22(24)23-12-6-8-14-25(23)26/h2-14,19,21,26-28,34H,15-18H2,1H3,(H,32,38)(H,36,37)/t19-,21-,27-,28+/m0/s1. The van der Waals surface area contributed by atoms with Gasteiger partial charge in [-0.1, -0.05) is 78.9 Å². The number of aliphatic hydroxyl groups is 1. The van der Waals surface area contributed by atoms with Gasteiger partial charge in [0.05, 0.1) is 18.8 Å². The van der Waals surface area contributed by atoms with Crippen LogP contribution in [0, 0.1) is 0 Å². The molecule has 2 amide bonds. The summed E-state index contributed by atoms with van der Waals surface area (Å²) in [6.45, 7) is 1.73. The summed E-state index contributed by atoms with van der Waals surface area (Å²) in [6, 6.07) is 22.9. The first-order valence-electron chi connectivity index (χ1n) is 13.3. The first-order valence-corrected chi connectivity index (χ1v) is 13.3. The molecule has 1 heterocycles. The van der Waals surface area contributed by atoms with Gasteiger partial charge < -0.3 is 29.9 Å². The van der Waals surface area contributed by atoms with Crippen molar-refractivity contribution in [1.82, 2.24) is 10.2 Å². The van der Waals surface area contributed by atoms with E-state index in [-0.39, 0.29) is 32.1 Å². The minimum absolute atomic E-state index is 0.0558. The molecule has 1 fully saturated rings. The summed E-state index contributed by atoms with van der Waals surface area (Å²) >= 11 is 0. The second kappa shape index (κ2) is 11.9. The summed E-state index contributed by atoms with van der Waals surface area (Å²) in [5.74, 6) is -2.04. The van der Waals surface area contributed by atoms with Crippen molar-refractivity contribution >= 4 is 18.0 Å². The Bertz CT molecular complexity index is 1330. The number of carboxylic acids is 1. The fraction of sp³-hybridized carbons (Fsp3) is 0.323. The third-order valence-electron chi connectivity index (χ3n) is 7.56. The van der Waals surface area contributed by atoms with E-state index < -0.39 is 42.3 Å². The molecule has 3 aromatic carbocycles. The number of alkyl carbamates (subject to hydrolysis) is 1. The van der Waals surface area contributed by atoms with Crippen LogP contribution in [0.1, 0.15) is 36.0 Å². The van der Waals surface area contributed by atoms with Crippen molar-refractivity contribution in [3.05, 3.63) is 95.6 Å². The zero-order valence-electron chi connectivity index (χ0n) is 22.1. The van der Waals surface area contributed by atoms with Gasteiger partial charge in [-0.25, -0.2) is 9.59 Å². The van der Waals surface area contributed by atoms with E-state index in [0.717, 1.165) is 32.7 Å². The molecule has 0 bridgehead atoms. The van der Waals surface area contributed by atoms with E-state index in [0.29, 0.717) is 0 Å². The van der Waals surface area contributed by atoms with Gasteiger partial charge in [0.15, 0.2) is 0 Å². The number of rotatable bonds is 9. The van der Waals surface area contributed by atoms with E-state index in [1.165, 1.54) is 0 Å². The molecule has 3 N–H and O–H groups in total. The molecule has 5 rings (SSSR count). The van der Waals surface area contributed by atoms with Crippen LogP contribution < -0.4 is 5.32 Å². The number of nitrogens with one attached hydrogen (secondary N) is 1. The Morgan fingerprint density at radius 3 is 2.17 bits per heavy atom. The number of carboxylic acid groups (broad SMARTS) is 1. The maximum Gasteiger partial charge on any atom is 0.407 e. The summed E-state index contributed by atoms with van der Waals surface area (Å²) < 4.78 is 11.6. The zero-order chi connectivity index (χ0) is 28.2. The third kappa shape index (κ3) is 5.71. The first-order chi connectivity index (χ1) is 19.3. The number of aliphatic carboxylic acids is 1. The maximum atomic E-state index is 13.6. The number of carbonyl (C=O) groups is 3. The Balaban J connectivity index is 1.31. The monoisotopic (exact) mass is 544 g/mol. The summed E-state index contributed by atoms with van der Waals surface area (Å²) in [6.07, 6.45) is -2.69. The number of β-amino-alcohol motifs (C(OH)–C–C–N with tert-alkyl or cyclic N) is 1. The molecule has 208 valence electrons. The van der Waals surface area contributed by atoms with Crippen molar-refractivity contribution in [2.75, 3.05) is 13.2 Å². The molecule has 4 atom stereocenters. The van der Waals surface area contributed by atoms with Gasteiger partial charge >= 0.3 is 12.1 Å². The largest absolute Gasteiger partial charge is 0.480 e. The molecule has 1 aliphatic carbocycles. The van der Waals surface area contributed by atoms with Gasteiger partial charge in [0, 0.05) is 18.9 Å². The molecular formula is C31H32N2O7. The highest BCUT2D eigenvalue weighted by Crippen LogP contribution is 2.44. The molecule has 0 spiro atoms. The molecule has 0 aromatic heterocycles. The average molecular weight is 545 g/mol. The van der Waals surface area contributed by atoms with Crippen molar-refractivity contribution in [3.63, 3.8) is 0 Å². The molecule has 9 nitrogen and oxygen atoms in total. The number of benzene rings is 3. The number of hydrogen-bond donors (Lipinski definition) is 3. The summed E-state index contributed by atoms with van der Waals surface area (Å²) in [4.78, 5) is 39.5. The molecular weight excluding hydrogens is 512 g/mol. The lowest BCUT2D eigenvalue weighted by Gasteiger charge is -2.30. The minimum Gasteiger partial charge on any atom is -0.480 e. The van der Waals surface area contributed by atoms with Crippen molar-refractivity contribution < 1.29 is 34.1 Å². The lowest BCUT2D eigenvalue weighted by molar-refractivity contribution is -0.150. The summed E-state index contributed by atoms with van der Waals surface area (Å²) in [7, 11) is 0. The fourth-order valence-corrected chi connectivity index (χ4v) is 5.52. The van der Waals surface area contributed by atoms with Gasteiger partial charge in [-0.2, -0.15) is 0 Å². The molecule has 2 aliphatic rings. The van der Waals surface area contributed by atoms with E-state index in [9.17, 15) is 24.6 Å². The molecule has 0 saturated carbocycles. The number of nitrogens with zero attached hydrogens (tertiary/aromatic N) is 1. The SMILES string of the molecule is C[C@H](OCc1ccccc1)[C@@H](NC(=O)OCC1c2ccccc2-c2ccccc21)C(=O)N1C[C@@H](O)C[C@H]1C(=O)O. The fourth-order valence-electron chi connectivity index (χ4n) is 5.52. The van der Waals surface area contributed by atoms with E-state index in [4.69, 9.17) is 9.47 Å². The number of aliphatic hydroxyl groups excluding tert-OH is 1. The minimum atomic E-state index is -1.23. The zero-order valence-corrected chi connectivity index (χ0v) is 22.1. The van der Waals surface area contributed by atoms with Crippen LogP contribution in [0.15, 0.2) is 78.9 Å². The number of fused-ring (bicyclic) bond motifs is 3. The predicted octanol–water partition coefficient (Wildman–Crippen LogP) is 3.55. The molecule has 0 unspecified atom stereocenters. The van der Waals surface area contributed by atoms with Crippen molar-refractivity contribution in [3.8, 4) is 11.1 Å². The predicted molar refractivity (Wildman–Crippen MR) is 146 cm³/mol. The molecule has 9 heteroatoms. The molecule has 1 aliphatic heterocycles. The highest BCUT2D eigenvalue weighted by atomic mass is 16.5. The highest BCUT2D eigenvalue weighted by Gasteiger charge is 2.43. The van der Waals surface area contributed by atoms with Gasteiger partial charge in [-0.05, 0) is 34.7 Å². The highest BCUT2D eigenvalue weighted by molar-refractivity contribution is 5.90. The number of carbonyl (C=O) groups excluding carboxylic acids is 2. The van der Waals surface area contributed by atoms with Gasteiger partial charge in [0.25, 0.3) is 0 Å². The summed E-state index contributed by atoms with van der Waals surface area (Å²) in [5, 5.41) is 22.3. The molecule has 1 saturated heterocycles. The van der Waals surface area contributed by atoms with E-state index >= 15 is 0 Å². The van der Waals surface area contributed by atoms with Crippen LogP contribution in [0.4, 0.5) is 4.79 Å². The van der Waals surface area contributed by atoms with Crippen LogP contribution in [0.2, 0.25) is 0 Å². The van der Waals surface area contributed by atoms with Gasteiger partial charge in [-0.3, -0.25) is 4.79 Å².